The van der Waals surface area contributed by atoms with Crippen molar-refractivity contribution in [3.63, 3.8) is 0 Å². The van der Waals surface area contributed by atoms with Crippen molar-refractivity contribution in [3.8, 4) is 0 Å². The van der Waals surface area contributed by atoms with Crippen molar-refractivity contribution >= 4 is 19.5 Å². The summed E-state index contributed by atoms with van der Waals surface area (Å²) < 4.78 is 2.66. The maximum atomic E-state index is 2.66. The molecule has 1 aliphatic rings. The van der Waals surface area contributed by atoms with E-state index in [0.29, 0.717) is 0 Å². The third-order valence-electron chi connectivity index (χ3n) is 3.39. The Morgan fingerprint density at radius 2 is 1.65 bits per heavy atom. The molecular weight excluding hydrogens is 222 g/mol. The van der Waals surface area contributed by atoms with Crippen LogP contribution in [0.1, 0.15) is 26.3 Å². The molecule has 0 N–H and O–H groups in total. The van der Waals surface area contributed by atoms with Gasteiger partial charge in [0.15, 0.2) is 0 Å². The molecule has 17 heavy (non-hydrogen) atoms. The van der Waals surface area contributed by atoms with Crippen LogP contribution in [0.15, 0.2) is 30.3 Å². The van der Waals surface area contributed by atoms with E-state index in [9.17, 15) is 0 Å². The third kappa shape index (κ3) is 2.06. The highest BCUT2D eigenvalue weighted by molar-refractivity contribution is 6.80. The SMILES string of the molecule is CC1=CC(C)(C)N([Si](C)(C)C)c2ccccc21. The van der Waals surface area contributed by atoms with Crippen molar-refractivity contribution in [2.45, 2.75) is 46.0 Å². The molecule has 1 nitrogen and oxygen atoms in total. The summed E-state index contributed by atoms with van der Waals surface area (Å²) in [6, 6.07) is 8.80. The summed E-state index contributed by atoms with van der Waals surface area (Å²) in [6.45, 7) is 14.1. The lowest BCUT2D eigenvalue weighted by Crippen LogP contribution is -2.58. The van der Waals surface area contributed by atoms with Gasteiger partial charge in [-0.2, -0.15) is 0 Å². The van der Waals surface area contributed by atoms with Gasteiger partial charge in [-0.3, -0.25) is 0 Å². The van der Waals surface area contributed by atoms with Crippen LogP contribution in [-0.2, 0) is 0 Å². The summed E-state index contributed by atoms with van der Waals surface area (Å²) in [4.78, 5) is 0. The molecule has 0 spiro atoms. The minimum absolute atomic E-state index is 0.128. The first kappa shape index (κ1) is 12.4. The number of hydrogen-bond donors (Lipinski definition) is 0. The number of hydrogen-bond acceptors (Lipinski definition) is 1. The molecule has 0 aromatic heterocycles. The fraction of sp³-hybridized carbons (Fsp3) is 0.467. The topological polar surface area (TPSA) is 3.24 Å². The fourth-order valence-electron chi connectivity index (χ4n) is 3.21. The summed E-state index contributed by atoms with van der Waals surface area (Å²) in [5, 5.41) is 0. The molecule has 0 unspecified atom stereocenters. The second-order valence-corrected chi connectivity index (χ2v) is 11.3. The van der Waals surface area contributed by atoms with Gasteiger partial charge in [0.1, 0.15) is 8.24 Å². The van der Waals surface area contributed by atoms with Gasteiger partial charge in [-0.15, -0.1) is 0 Å². The van der Waals surface area contributed by atoms with Crippen molar-refractivity contribution in [2.24, 2.45) is 0 Å². The quantitative estimate of drug-likeness (QED) is 0.657. The van der Waals surface area contributed by atoms with Gasteiger partial charge in [-0.1, -0.05) is 43.9 Å². The summed E-state index contributed by atoms with van der Waals surface area (Å²) in [6.07, 6.45) is 2.41. The van der Waals surface area contributed by atoms with Crippen LogP contribution in [0.4, 0.5) is 5.69 Å². The first-order valence-corrected chi connectivity index (χ1v) is 9.77. The maximum absolute atomic E-state index is 2.66. The molecule has 0 saturated carbocycles. The van der Waals surface area contributed by atoms with E-state index >= 15 is 0 Å². The summed E-state index contributed by atoms with van der Waals surface area (Å²) in [7, 11) is -1.38. The van der Waals surface area contributed by atoms with Crippen molar-refractivity contribution in [1.82, 2.24) is 0 Å². The lowest BCUT2D eigenvalue weighted by Gasteiger charge is -2.50. The second kappa shape index (κ2) is 3.74. The first-order valence-electron chi connectivity index (χ1n) is 6.33. The lowest BCUT2D eigenvalue weighted by molar-refractivity contribution is 0.637. The highest BCUT2D eigenvalue weighted by Gasteiger charge is 2.38. The Morgan fingerprint density at radius 1 is 1.06 bits per heavy atom. The van der Waals surface area contributed by atoms with Crippen LogP contribution in [0.25, 0.3) is 5.57 Å². The van der Waals surface area contributed by atoms with Gasteiger partial charge in [0.25, 0.3) is 0 Å². The number of benzene rings is 1. The molecule has 1 aromatic carbocycles. The monoisotopic (exact) mass is 245 g/mol. The Labute approximate surface area is 106 Å². The van der Waals surface area contributed by atoms with Gasteiger partial charge in [-0.05, 0) is 38.0 Å². The molecule has 1 aliphatic heterocycles. The van der Waals surface area contributed by atoms with Crippen LogP contribution >= 0.6 is 0 Å². The Hall–Kier alpha value is -1.02. The predicted octanol–water partition coefficient (Wildman–Crippen LogP) is 4.52. The van der Waals surface area contributed by atoms with Crippen molar-refractivity contribution in [2.75, 3.05) is 4.57 Å². The predicted molar refractivity (Wildman–Crippen MR) is 80.0 cm³/mol. The first-order chi connectivity index (χ1) is 7.73. The van der Waals surface area contributed by atoms with Crippen LogP contribution in [-0.4, -0.2) is 13.8 Å². The molecule has 0 fully saturated rings. The average Bonchev–Trinajstić information content (AvgIpc) is 2.13. The van der Waals surface area contributed by atoms with E-state index in [1.807, 2.05) is 0 Å². The number of rotatable bonds is 1. The third-order valence-corrected chi connectivity index (χ3v) is 5.55. The fourth-order valence-corrected chi connectivity index (χ4v) is 5.92. The highest BCUT2D eigenvalue weighted by atomic mass is 28.3. The highest BCUT2D eigenvalue weighted by Crippen LogP contribution is 2.41. The van der Waals surface area contributed by atoms with Crippen molar-refractivity contribution in [1.29, 1.82) is 0 Å². The second-order valence-electron chi connectivity index (χ2n) is 6.50. The standard InChI is InChI=1S/C15H23NSi/c1-12-11-15(2,3)16(17(4,5)6)14-10-8-7-9-13(12)14/h7-11H,1-6H3. The Balaban J connectivity index is 2.67. The number of anilines is 1. The number of nitrogens with zero attached hydrogens (tertiary/aromatic N) is 1. The largest absolute Gasteiger partial charge is 0.389 e. The van der Waals surface area contributed by atoms with Crippen LogP contribution in [0.2, 0.25) is 19.6 Å². The van der Waals surface area contributed by atoms with Gasteiger partial charge in [0.2, 0.25) is 0 Å². The molecule has 0 radical (unpaired) electrons. The van der Waals surface area contributed by atoms with E-state index < -0.39 is 8.24 Å². The zero-order chi connectivity index (χ0) is 12.8. The normalized spacial score (nSPS) is 18.7. The molecule has 0 saturated heterocycles. The smallest absolute Gasteiger partial charge is 0.148 e. The van der Waals surface area contributed by atoms with Gasteiger partial charge in [0.05, 0.1) is 0 Å². The van der Waals surface area contributed by atoms with Crippen LogP contribution in [0.3, 0.4) is 0 Å². The number of para-hydroxylation sites is 1. The molecule has 92 valence electrons. The van der Waals surface area contributed by atoms with E-state index in [-0.39, 0.29) is 5.54 Å². The zero-order valence-corrected chi connectivity index (χ0v) is 12.8. The lowest BCUT2D eigenvalue weighted by atomic mass is 9.91. The average molecular weight is 245 g/mol. The molecule has 1 aromatic rings. The van der Waals surface area contributed by atoms with Crippen LogP contribution < -0.4 is 4.57 Å². The van der Waals surface area contributed by atoms with E-state index in [2.05, 4.69) is 75.3 Å². The van der Waals surface area contributed by atoms with E-state index in [1.54, 1.807) is 0 Å². The van der Waals surface area contributed by atoms with Gasteiger partial charge >= 0.3 is 0 Å². The van der Waals surface area contributed by atoms with Crippen LogP contribution in [0.5, 0.6) is 0 Å². The molecule has 0 aliphatic carbocycles. The molecule has 0 bridgehead atoms. The summed E-state index contributed by atoms with van der Waals surface area (Å²) >= 11 is 0. The zero-order valence-electron chi connectivity index (χ0n) is 11.8. The Bertz CT molecular complexity index is 466. The minimum Gasteiger partial charge on any atom is -0.389 e. The van der Waals surface area contributed by atoms with Crippen molar-refractivity contribution < 1.29 is 0 Å². The number of allylic oxidation sites excluding steroid dienone is 1. The van der Waals surface area contributed by atoms with E-state index in [0.717, 1.165) is 0 Å². The van der Waals surface area contributed by atoms with Gasteiger partial charge in [0, 0.05) is 11.2 Å². The minimum atomic E-state index is -1.38. The molecule has 0 atom stereocenters. The molecule has 0 amide bonds. The van der Waals surface area contributed by atoms with E-state index in [4.69, 9.17) is 0 Å². The van der Waals surface area contributed by atoms with Gasteiger partial charge < -0.3 is 4.57 Å². The summed E-state index contributed by atoms with van der Waals surface area (Å²) in [5.74, 6) is 0. The van der Waals surface area contributed by atoms with E-state index in [1.165, 1.54) is 16.8 Å². The maximum Gasteiger partial charge on any atom is 0.148 e. The molecular formula is C15H23NSi. The molecule has 1 heterocycles. The van der Waals surface area contributed by atoms with Crippen molar-refractivity contribution in [3.05, 3.63) is 35.9 Å². The molecule has 2 rings (SSSR count). The number of fused-ring (bicyclic) bond motifs is 1. The summed E-state index contributed by atoms with van der Waals surface area (Å²) in [5.41, 5.74) is 4.34. The van der Waals surface area contributed by atoms with Crippen LogP contribution in [0, 0.1) is 0 Å². The molecule has 2 heteroatoms. The van der Waals surface area contributed by atoms with Gasteiger partial charge in [-0.25, -0.2) is 0 Å². The Morgan fingerprint density at radius 3 is 2.24 bits per heavy atom. The Kier molecular flexibility index (Phi) is 2.73.